The fourth-order valence-electron chi connectivity index (χ4n) is 2.01. The van der Waals surface area contributed by atoms with Crippen molar-refractivity contribution in [1.82, 2.24) is 9.78 Å². The van der Waals surface area contributed by atoms with Crippen LogP contribution in [0.1, 0.15) is 35.8 Å². The van der Waals surface area contributed by atoms with Crippen LogP contribution in [0.15, 0.2) is 36.5 Å². The molecular formula is C16H19N3O3. The van der Waals surface area contributed by atoms with Crippen LogP contribution in [-0.2, 0) is 9.53 Å². The van der Waals surface area contributed by atoms with E-state index in [2.05, 4.69) is 10.4 Å². The van der Waals surface area contributed by atoms with E-state index in [0.717, 1.165) is 5.56 Å². The molecule has 6 nitrogen and oxygen atoms in total. The minimum absolute atomic E-state index is 0.125. The molecule has 1 heterocycles. The Bertz CT molecular complexity index is 677. The molecule has 1 N–H and O–H groups in total. The van der Waals surface area contributed by atoms with Crippen molar-refractivity contribution in [2.24, 2.45) is 0 Å². The third-order valence-electron chi connectivity index (χ3n) is 3.13. The van der Waals surface area contributed by atoms with Crippen molar-refractivity contribution in [2.75, 3.05) is 11.9 Å². The molecule has 116 valence electrons. The van der Waals surface area contributed by atoms with Gasteiger partial charge in [0, 0.05) is 12.1 Å². The van der Waals surface area contributed by atoms with E-state index in [9.17, 15) is 9.59 Å². The molecule has 2 rings (SSSR count). The molecule has 0 aliphatic carbocycles. The first kappa shape index (κ1) is 15.8. The highest BCUT2D eigenvalue weighted by atomic mass is 16.5. The number of carbonyl (C=O) groups excluding carboxylic acids is 2. The van der Waals surface area contributed by atoms with E-state index in [-0.39, 0.29) is 12.6 Å². The van der Waals surface area contributed by atoms with Gasteiger partial charge in [-0.3, -0.25) is 4.79 Å². The number of hydrogen-bond acceptors (Lipinski definition) is 4. The Morgan fingerprint density at radius 1 is 1.27 bits per heavy atom. The average molecular weight is 301 g/mol. The maximum Gasteiger partial charge on any atom is 0.338 e. The van der Waals surface area contributed by atoms with Gasteiger partial charge in [0.05, 0.1) is 11.8 Å². The fraction of sp³-hybridized carbons (Fsp3) is 0.312. The lowest BCUT2D eigenvalue weighted by atomic mass is 10.1. The molecule has 0 saturated heterocycles. The Hall–Kier alpha value is -2.63. The van der Waals surface area contributed by atoms with Crippen molar-refractivity contribution in [3.05, 3.63) is 47.7 Å². The fourth-order valence-corrected chi connectivity index (χ4v) is 2.01. The molecule has 6 heteroatoms. The zero-order chi connectivity index (χ0) is 16.1. The van der Waals surface area contributed by atoms with Gasteiger partial charge in [0.2, 0.25) is 0 Å². The van der Waals surface area contributed by atoms with Gasteiger partial charge < -0.3 is 10.1 Å². The second kappa shape index (κ2) is 6.89. The molecule has 1 amide bonds. The molecule has 0 aliphatic rings. The molecule has 0 spiro atoms. The summed E-state index contributed by atoms with van der Waals surface area (Å²) in [7, 11) is 0. The predicted molar refractivity (Wildman–Crippen MR) is 82.7 cm³/mol. The van der Waals surface area contributed by atoms with Crippen LogP contribution < -0.4 is 5.32 Å². The third kappa shape index (κ3) is 3.72. The van der Waals surface area contributed by atoms with E-state index in [1.807, 2.05) is 32.9 Å². The van der Waals surface area contributed by atoms with E-state index >= 15 is 0 Å². The highest BCUT2D eigenvalue weighted by Gasteiger charge is 2.14. The first-order chi connectivity index (χ1) is 10.5. The SMILES string of the molecule is Cc1ccccc1C(=O)OCC(=O)Nc1ccnn1C(C)C. The van der Waals surface area contributed by atoms with Gasteiger partial charge in [-0.25, -0.2) is 9.48 Å². The monoisotopic (exact) mass is 301 g/mol. The minimum atomic E-state index is -0.509. The maximum absolute atomic E-state index is 11.9. The van der Waals surface area contributed by atoms with Gasteiger partial charge >= 0.3 is 5.97 Å². The normalized spacial score (nSPS) is 10.5. The number of anilines is 1. The molecular weight excluding hydrogens is 282 g/mol. The molecule has 1 aromatic carbocycles. The van der Waals surface area contributed by atoms with Crippen molar-refractivity contribution in [2.45, 2.75) is 26.8 Å². The number of carbonyl (C=O) groups is 2. The van der Waals surface area contributed by atoms with Crippen molar-refractivity contribution in [1.29, 1.82) is 0 Å². The van der Waals surface area contributed by atoms with E-state index in [4.69, 9.17) is 4.74 Å². The van der Waals surface area contributed by atoms with Crippen LogP contribution >= 0.6 is 0 Å². The molecule has 0 atom stereocenters. The summed E-state index contributed by atoms with van der Waals surface area (Å²) in [5.74, 6) is -0.332. The quantitative estimate of drug-likeness (QED) is 0.861. The minimum Gasteiger partial charge on any atom is -0.452 e. The summed E-state index contributed by atoms with van der Waals surface area (Å²) in [4.78, 5) is 23.8. The van der Waals surface area contributed by atoms with Gasteiger partial charge in [-0.05, 0) is 32.4 Å². The molecule has 1 aromatic heterocycles. The summed E-state index contributed by atoms with van der Waals surface area (Å²) >= 11 is 0. The van der Waals surface area contributed by atoms with Crippen LogP contribution in [0.5, 0.6) is 0 Å². The summed E-state index contributed by atoms with van der Waals surface area (Å²) in [5, 5.41) is 6.79. The standard InChI is InChI=1S/C16H19N3O3/c1-11(2)19-14(8-9-17-19)18-15(20)10-22-16(21)13-7-5-4-6-12(13)3/h4-9,11H,10H2,1-3H3,(H,18,20). The van der Waals surface area contributed by atoms with Crippen LogP contribution in [0.2, 0.25) is 0 Å². The molecule has 0 unspecified atom stereocenters. The van der Waals surface area contributed by atoms with E-state index in [1.54, 1.807) is 29.1 Å². The van der Waals surface area contributed by atoms with Gasteiger partial charge in [0.25, 0.3) is 5.91 Å². The average Bonchev–Trinajstić information content (AvgIpc) is 2.93. The van der Waals surface area contributed by atoms with Crippen molar-refractivity contribution < 1.29 is 14.3 Å². The molecule has 0 fully saturated rings. The Morgan fingerprint density at radius 3 is 2.68 bits per heavy atom. The number of aromatic nitrogens is 2. The highest BCUT2D eigenvalue weighted by molar-refractivity contribution is 5.95. The van der Waals surface area contributed by atoms with Gasteiger partial charge in [-0.2, -0.15) is 5.10 Å². The zero-order valence-electron chi connectivity index (χ0n) is 12.9. The molecule has 22 heavy (non-hydrogen) atoms. The number of benzene rings is 1. The number of esters is 1. The summed E-state index contributed by atoms with van der Waals surface area (Å²) < 4.78 is 6.72. The summed E-state index contributed by atoms with van der Waals surface area (Å²) in [6, 6.07) is 8.90. The number of amides is 1. The number of nitrogens with one attached hydrogen (secondary N) is 1. The first-order valence-electron chi connectivity index (χ1n) is 7.05. The third-order valence-corrected chi connectivity index (χ3v) is 3.13. The van der Waals surface area contributed by atoms with E-state index < -0.39 is 11.9 Å². The van der Waals surface area contributed by atoms with Gasteiger partial charge in [-0.1, -0.05) is 18.2 Å². The van der Waals surface area contributed by atoms with Crippen LogP contribution in [-0.4, -0.2) is 28.3 Å². The zero-order valence-corrected chi connectivity index (χ0v) is 12.9. The first-order valence-corrected chi connectivity index (χ1v) is 7.05. The number of aryl methyl sites for hydroxylation is 1. The van der Waals surface area contributed by atoms with Gasteiger partial charge in [-0.15, -0.1) is 0 Å². The predicted octanol–water partition coefficient (Wildman–Crippen LogP) is 2.57. The van der Waals surface area contributed by atoms with Crippen LogP contribution in [0.3, 0.4) is 0 Å². The Morgan fingerprint density at radius 2 is 2.00 bits per heavy atom. The van der Waals surface area contributed by atoms with Gasteiger partial charge in [0.15, 0.2) is 6.61 Å². The second-order valence-corrected chi connectivity index (χ2v) is 5.19. The van der Waals surface area contributed by atoms with E-state index in [1.165, 1.54) is 0 Å². The van der Waals surface area contributed by atoms with Crippen LogP contribution in [0.25, 0.3) is 0 Å². The molecule has 2 aromatic rings. The van der Waals surface area contributed by atoms with Crippen LogP contribution in [0, 0.1) is 6.92 Å². The van der Waals surface area contributed by atoms with Crippen LogP contribution in [0.4, 0.5) is 5.82 Å². The lowest BCUT2D eigenvalue weighted by molar-refractivity contribution is -0.119. The number of hydrogen-bond donors (Lipinski definition) is 1. The topological polar surface area (TPSA) is 73.2 Å². The molecule has 0 aliphatic heterocycles. The highest BCUT2D eigenvalue weighted by Crippen LogP contribution is 2.13. The number of ether oxygens (including phenoxy) is 1. The smallest absolute Gasteiger partial charge is 0.338 e. The van der Waals surface area contributed by atoms with Crippen molar-refractivity contribution in [3.8, 4) is 0 Å². The Balaban J connectivity index is 1.92. The lowest BCUT2D eigenvalue weighted by Crippen LogP contribution is -2.23. The molecule has 0 radical (unpaired) electrons. The summed E-state index contributed by atoms with van der Waals surface area (Å²) in [5.41, 5.74) is 1.27. The number of rotatable bonds is 5. The van der Waals surface area contributed by atoms with Gasteiger partial charge in [0.1, 0.15) is 5.82 Å². The second-order valence-electron chi connectivity index (χ2n) is 5.19. The van der Waals surface area contributed by atoms with E-state index in [0.29, 0.717) is 11.4 Å². The summed E-state index contributed by atoms with van der Waals surface area (Å²) in [6.45, 7) is 5.40. The Labute approximate surface area is 129 Å². The largest absolute Gasteiger partial charge is 0.452 e. The van der Waals surface area contributed by atoms with Crippen molar-refractivity contribution in [3.63, 3.8) is 0 Å². The summed E-state index contributed by atoms with van der Waals surface area (Å²) in [6.07, 6.45) is 1.61. The van der Waals surface area contributed by atoms with Crippen molar-refractivity contribution >= 4 is 17.7 Å². The number of nitrogens with zero attached hydrogens (tertiary/aromatic N) is 2. The lowest BCUT2D eigenvalue weighted by Gasteiger charge is -2.12. The molecule has 0 saturated carbocycles. The Kier molecular flexibility index (Phi) is 4.93. The maximum atomic E-state index is 11.9. The molecule has 0 bridgehead atoms.